The summed E-state index contributed by atoms with van der Waals surface area (Å²) in [5.74, 6) is 0.139. The molecule has 2 amide bonds. The van der Waals surface area contributed by atoms with Crippen molar-refractivity contribution in [3.8, 4) is 0 Å². The molecule has 6 heteroatoms. The number of hydrogen-bond donors (Lipinski definition) is 0. The molecule has 3 fully saturated rings. The maximum Gasteiger partial charge on any atom is 0.257 e. The van der Waals surface area contributed by atoms with Crippen LogP contribution in [0.4, 0.5) is 0 Å². The molecule has 0 saturated carbocycles. The molecule has 31 heavy (non-hydrogen) atoms. The molecule has 158 valence electrons. The van der Waals surface area contributed by atoms with Gasteiger partial charge in [-0.15, -0.1) is 11.3 Å². The van der Waals surface area contributed by atoms with E-state index in [4.69, 9.17) is 4.74 Å². The quantitative estimate of drug-likeness (QED) is 0.595. The monoisotopic (exact) mass is 432 g/mol. The Kier molecular flexibility index (Phi) is 4.40. The number of carbonyl (C=O) groups is 2. The summed E-state index contributed by atoms with van der Waals surface area (Å²) in [6, 6.07) is 18.1. The number of ether oxygens (including phenoxy) is 1. The van der Waals surface area contributed by atoms with Crippen LogP contribution in [-0.4, -0.2) is 46.5 Å². The average Bonchev–Trinajstić information content (AvgIpc) is 3.50. The standard InChI is InChI=1S/C25H24N2O3S/c28-23(17-4-2-1-3-5-17)26-13-11-25(12-14-26)24(29)27-20(7-9-22(27)30-25)18-6-8-21-19(16-18)10-15-31-21/h1-6,8,10,15-16,20,22H,7,9,11-14H2. The predicted octanol–water partition coefficient (Wildman–Crippen LogP) is 4.60. The third-order valence-electron chi connectivity index (χ3n) is 7.06. The van der Waals surface area contributed by atoms with E-state index in [1.807, 2.05) is 40.1 Å². The van der Waals surface area contributed by atoms with Crippen LogP contribution in [0.15, 0.2) is 60.0 Å². The lowest BCUT2D eigenvalue weighted by Crippen LogP contribution is -2.51. The first-order valence-corrected chi connectivity index (χ1v) is 11.8. The fourth-order valence-electron chi connectivity index (χ4n) is 5.40. The summed E-state index contributed by atoms with van der Waals surface area (Å²) in [6.07, 6.45) is 2.78. The van der Waals surface area contributed by atoms with E-state index >= 15 is 0 Å². The largest absolute Gasteiger partial charge is 0.342 e. The molecule has 0 N–H and O–H groups in total. The van der Waals surface area contributed by atoms with Gasteiger partial charge in [-0.2, -0.15) is 0 Å². The van der Waals surface area contributed by atoms with Gasteiger partial charge < -0.3 is 14.5 Å². The normalized spacial score (nSPS) is 24.8. The molecule has 3 saturated heterocycles. The van der Waals surface area contributed by atoms with Crippen molar-refractivity contribution in [1.29, 1.82) is 0 Å². The van der Waals surface area contributed by atoms with E-state index < -0.39 is 5.60 Å². The highest BCUT2D eigenvalue weighted by atomic mass is 32.1. The van der Waals surface area contributed by atoms with Gasteiger partial charge in [-0.05, 0) is 59.5 Å². The van der Waals surface area contributed by atoms with Crippen molar-refractivity contribution in [3.63, 3.8) is 0 Å². The number of nitrogens with zero attached hydrogens (tertiary/aromatic N) is 2. The molecule has 1 spiro atoms. The Morgan fingerprint density at radius 3 is 2.65 bits per heavy atom. The molecular formula is C25H24N2O3S. The Bertz CT molecular complexity index is 1150. The van der Waals surface area contributed by atoms with Gasteiger partial charge in [0.2, 0.25) is 0 Å². The number of amides is 2. The van der Waals surface area contributed by atoms with E-state index in [0.29, 0.717) is 31.5 Å². The zero-order chi connectivity index (χ0) is 21.0. The van der Waals surface area contributed by atoms with Gasteiger partial charge in [0.15, 0.2) is 5.60 Å². The van der Waals surface area contributed by atoms with Crippen molar-refractivity contribution in [2.75, 3.05) is 13.1 Å². The second-order valence-electron chi connectivity index (χ2n) is 8.75. The number of hydrogen-bond acceptors (Lipinski definition) is 4. The number of fused-ring (bicyclic) bond motifs is 2. The minimum absolute atomic E-state index is 0.0309. The minimum Gasteiger partial charge on any atom is -0.342 e. The molecule has 6 rings (SSSR count). The Morgan fingerprint density at radius 2 is 1.84 bits per heavy atom. The van der Waals surface area contributed by atoms with Gasteiger partial charge in [-0.25, -0.2) is 0 Å². The molecule has 0 bridgehead atoms. The molecule has 0 aliphatic carbocycles. The highest BCUT2D eigenvalue weighted by molar-refractivity contribution is 7.17. The van der Waals surface area contributed by atoms with Crippen LogP contribution in [0.2, 0.25) is 0 Å². The SMILES string of the molecule is O=C(c1ccccc1)N1CCC2(CC1)OC1CCC(c3ccc4sccc4c3)N1C2=O. The van der Waals surface area contributed by atoms with E-state index in [2.05, 4.69) is 29.6 Å². The predicted molar refractivity (Wildman–Crippen MR) is 120 cm³/mol. The number of thiophene rings is 1. The van der Waals surface area contributed by atoms with Gasteiger partial charge in [-0.1, -0.05) is 24.3 Å². The van der Waals surface area contributed by atoms with Gasteiger partial charge in [0.05, 0.1) is 6.04 Å². The third kappa shape index (κ3) is 3.00. The zero-order valence-electron chi connectivity index (χ0n) is 17.2. The third-order valence-corrected chi connectivity index (χ3v) is 7.96. The minimum atomic E-state index is -0.775. The molecule has 3 aliphatic rings. The summed E-state index contributed by atoms with van der Waals surface area (Å²) in [5, 5.41) is 3.34. The number of likely N-dealkylation sites (tertiary alicyclic amines) is 1. The zero-order valence-corrected chi connectivity index (χ0v) is 18.0. The van der Waals surface area contributed by atoms with Gasteiger partial charge in [0.1, 0.15) is 6.23 Å². The van der Waals surface area contributed by atoms with Gasteiger partial charge >= 0.3 is 0 Å². The smallest absolute Gasteiger partial charge is 0.257 e. The van der Waals surface area contributed by atoms with Crippen molar-refractivity contribution >= 4 is 33.2 Å². The molecule has 2 unspecified atom stereocenters. The van der Waals surface area contributed by atoms with Crippen LogP contribution in [0.5, 0.6) is 0 Å². The van der Waals surface area contributed by atoms with Crippen molar-refractivity contribution in [2.45, 2.75) is 43.6 Å². The Hall–Kier alpha value is -2.70. The molecule has 3 aromatic rings. The van der Waals surface area contributed by atoms with E-state index in [0.717, 1.165) is 12.8 Å². The van der Waals surface area contributed by atoms with Crippen LogP contribution in [0.1, 0.15) is 47.6 Å². The van der Waals surface area contributed by atoms with Crippen LogP contribution >= 0.6 is 11.3 Å². The molecule has 0 radical (unpaired) electrons. The summed E-state index contributed by atoms with van der Waals surface area (Å²) >= 11 is 1.74. The maximum atomic E-state index is 13.6. The average molecular weight is 433 g/mol. The highest BCUT2D eigenvalue weighted by Crippen LogP contribution is 2.48. The van der Waals surface area contributed by atoms with Crippen molar-refractivity contribution in [1.82, 2.24) is 9.80 Å². The lowest BCUT2D eigenvalue weighted by Gasteiger charge is -2.37. The van der Waals surface area contributed by atoms with E-state index in [-0.39, 0.29) is 24.1 Å². The first-order chi connectivity index (χ1) is 15.1. The Labute approximate surface area is 185 Å². The van der Waals surface area contributed by atoms with Crippen LogP contribution in [0.3, 0.4) is 0 Å². The first-order valence-electron chi connectivity index (χ1n) is 11.0. The summed E-state index contributed by atoms with van der Waals surface area (Å²) in [6.45, 7) is 1.09. The van der Waals surface area contributed by atoms with Crippen LogP contribution in [0, 0.1) is 0 Å². The maximum absolute atomic E-state index is 13.6. The van der Waals surface area contributed by atoms with Crippen LogP contribution in [0.25, 0.3) is 10.1 Å². The van der Waals surface area contributed by atoms with Crippen molar-refractivity contribution < 1.29 is 14.3 Å². The lowest BCUT2D eigenvalue weighted by atomic mass is 9.89. The summed E-state index contributed by atoms with van der Waals surface area (Å²) in [5.41, 5.74) is 1.12. The van der Waals surface area contributed by atoms with Gasteiger partial charge in [-0.3, -0.25) is 9.59 Å². The molecule has 2 atom stereocenters. The molecule has 2 aromatic carbocycles. The van der Waals surface area contributed by atoms with E-state index in [9.17, 15) is 9.59 Å². The van der Waals surface area contributed by atoms with Crippen molar-refractivity contribution in [3.05, 3.63) is 71.1 Å². The number of carbonyl (C=O) groups excluding carboxylic acids is 2. The lowest BCUT2D eigenvalue weighted by molar-refractivity contribution is -0.142. The first kappa shape index (κ1) is 19.0. The van der Waals surface area contributed by atoms with Crippen molar-refractivity contribution in [2.24, 2.45) is 0 Å². The fraction of sp³-hybridized carbons (Fsp3) is 0.360. The number of rotatable bonds is 2. The van der Waals surface area contributed by atoms with E-state index in [1.165, 1.54) is 15.6 Å². The van der Waals surface area contributed by atoms with Gasteiger partial charge in [0.25, 0.3) is 11.8 Å². The van der Waals surface area contributed by atoms with Crippen LogP contribution < -0.4 is 0 Å². The van der Waals surface area contributed by atoms with Crippen LogP contribution in [-0.2, 0) is 9.53 Å². The van der Waals surface area contributed by atoms with Gasteiger partial charge in [0, 0.05) is 36.2 Å². The number of benzene rings is 2. The molecule has 4 heterocycles. The van der Waals surface area contributed by atoms with E-state index in [1.54, 1.807) is 11.3 Å². The Balaban J connectivity index is 1.20. The second kappa shape index (κ2) is 7.18. The Morgan fingerprint density at radius 1 is 1.03 bits per heavy atom. The molecule has 3 aliphatic heterocycles. The second-order valence-corrected chi connectivity index (χ2v) is 9.70. The summed E-state index contributed by atoms with van der Waals surface area (Å²) in [4.78, 5) is 30.2. The molecule has 5 nitrogen and oxygen atoms in total. The summed E-state index contributed by atoms with van der Waals surface area (Å²) < 4.78 is 7.70. The highest BCUT2D eigenvalue weighted by Gasteiger charge is 2.58. The summed E-state index contributed by atoms with van der Waals surface area (Å²) in [7, 11) is 0. The topological polar surface area (TPSA) is 49.9 Å². The number of piperidine rings is 1. The molecule has 1 aromatic heterocycles. The fourth-order valence-corrected chi connectivity index (χ4v) is 6.17. The molecular weight excluding hydrogens is 408 g/mol.